The summed E-state index contributed by atoms with van der Waals surface area (Å²) in [5, 5.41) is 15.5. The highest BCUT2D eigenvalue weighted by Crippen LogP contribution is 2.11. The lowest BCUT2D eigenvalue weighted by Crippen LogP contribution is -2.20. The van der Waals surface area contributed by atoms with E-state index in [0.29, 0.717) is 44.0 Å². The Labute approximate surface area is 113 Å². The first-order valence-corrected chi connectivity index (χ1v) is 6.74. The second-order valence-electron chi connectivity index (χ2n) is 4.09. The summed E-state index contributed by atoms with van der Waals surface area (Å²) in [5.41, 5.74) is 0. The fourth-order valence-corrected chi connectivity index (χ4v) is 1.28. The summed E-state index contributed by atoms with van der Waals surface area (Å²) in [7, 11) is 0. The average Bonchev–Trinajstić information content (AvgIpc) is 2.42. The van der Waals surface area contributed by atoms with Gasteiger partial charge in [-0.15, -0.1) is 0 Å². The van der Waals surface area contributed by atoms with Gasteiger partial charge in [-0.25, -0.2) is 0 Å². The van der Waals surface area contributed by atoms with Crippen LogP contribution in [-0.2, 0) is 0 Å². The summed E-state index contributed by atoms with van der Waals surface area (Å²) >= 11 is 0. The first-order chi connectivity index (χ1) is 9.19. The Morgan fingerprint density at radius 2 is 1.79 bits per heavy atom. The van der Waals surface area contributed by atoms with Gasteiger partial charge in [0, 0.05) is 13.1 Å². The monoisotopic (exact) mass is 269 g/mol. The van der Waals surface area contributed by atoms with Crippen molar-refractivity contribution in [1.29, 1.82) is 0 Å². The van der Waals surface area contributed by atoms with Crippen LogP contribution in [0.4, 0.5) is 11.9 Å². The van der Waals surface area contributed by atoms with Gasteiger partial charge in [0.1, 0.15) is 0 Å². The Morgan fingerprint density at radius 1 is 1.11 bits per heavy atom. The summed E-state index contributed by atoms with van der Waals surface area (Å²) in [6, 6.07) is 0.293. The maximum absolute atomic E-state index is 9.52. The lowest BCUT2D eigenvalue weighted by molar-refractivity contribution is 0.183. The number of nitrogens with one attached hydrogen (secondary N) is 2. The number of rotatable bonds is 9. The Kier molecular flexibility index (Phi) is 6.88. The van der Waals surface area contributed by atoms with E-state index in [0.717, 1.165) is 6.42 Å². The van der Waals surface area contributed by atoms with Crippen LogP contribution in [-0.4, -0.2) is 45.9 Å². The Hall–Kier alpha value is -1.63. The second kappa shape index (κ2) is 8.47. The Bertz CT molecular complexity index is 375. The van der Waals surface area contributed by atoms with Crippen LogP contribution in [0.2, 0.25) is 0 Å². The number of aliphatic hydroxyl groups excluding tert-OH is 1. The molecule has 3 N–H and O–H groups in total. The molecule has 0 aliphatic carbocycles. The van der Waals surface area contributed by atoms with E-state index in [9.17, 15) is 5.11 Å². The summed E-state index contributed by atoms with van der Waals surface area (Å²) < 4.78 is 5.41. The van der Waals surface area contributed by atoms with Crippen LogP contribution < -0.4 is 15.4 Å². The number of hydrogen-bond donors (Lipinski definition) is 3. The van der Waals surface area contributed by atoms with Gasteiger partial charge in [-0.3, -0.25) is 0 Å². The first-order valence-electron chi connectivity index (χ1n) is 6.74. The standard InChI is InChI=1S/C12H23N5O2/c1-4-7-19-12-16-10(13-6-3)15-11(17-12)14-8-9(18)5-2/h9,18H,4-8H2,1-3H3,(H2,13,14,15,16,17). The van der Waals surface area contributed by atoms with Gasteiger partial charge < -0.3 is 20.5 Å². The van der Waals surface area contributed by atoms with E-state index < -0.39 is 6.10 Å². The van der Waals surface area contributed by atoms with E-state index in [4.69, 9.17) is 4.74 Å². The van der Waals surface area contributed by atoms with E-state index >= 15 is 0 Å². The van der Waals surface area contributed by atoms with Crippen molar-refractivity contribution in [3.63, 3.8) is 0 Å². The molecular weight excluding hydrogens is 246 g/mol. The van der Waals surface area contributed by atoms with Gasteiger partial charge in [-0.1, -0.05) is 13.8 Å². The van der Waals surface area contributed by atoms with E-state index in [1.165, 1.54) is 0 Å². The van der Waals surface area contributed by atoms with E-state index in [-0.39, 0.29) is 0 Å². The largest absolute Gasteiger partial charge is 0.463 e. The molecule has 0 aliphatic rings. The molecule has 1 aromatic heterocycles. The maximum Gasteiger partial charge on any atom is 0.323 e. The zero-order valence-corrected chi connectivity index (χ0v) is 11.8. The number of aliphatic hydroxyl groups is 1. The van der Waals surface area contributed by atoms with Gasteiger partial charge in [-0.05, 0) is 19.8 Å². The highest BCUT2D eigenvalue weighted by atomic mass is 16.5. The van der Waals surface area contributed by atoms with Crippen molar-refractivity contribution in [3.8, 4) is 6.01 Å². The molecule has 0 bridgehead atoms. The minimum atomic E-state index is -0.417. The lowest BCUT2D eigenvalue weighted by Gasteiger charge is -2.11. The minimum absolute atomic E-state index is 0.293. The number of hydrogen-bond acceptors (Lipinski definition) is 7. The third-order valence-corrected chi connectivity index (χ3v) is 2.35. The molecular formula is C12H23N5O2. The molecule has 1 unspecified atom stereocenters. The normalized spacial score (nSPS) is 12.0. The molecule has 1 atom stereocenters. The van der Waals surface area contributed by atoms with Crippen molar-refractivity contribution < 1.29 is 9.84 Å². The number of ether oxygens (including phenoxy) is 1. The third-order valence-electron chi connectivity index (χ3n) is 2.35. The van der Waals surface area contributed by atoms with E-state index in [2.05, 4.69) is 25.6 Å². The van der Waals surface area contributed by atoms with Crippen molar-refractivity contribution >= 4 is 11.9 Å². The molecule has 0 radical (unpaired) electrons. The number of anilines is 2. The highest BCUT2D eigenvalue weighted by Gasteiger charge is 2.08. The molecule has 7 nitrogen and oxygen atoms in total. The quantitative estimate of drug-likeness (QED) is 0.621. The molecule has 0 aliphatic heterocycles. The van der Waals surface area contributed by atoms with Crippen LogP contribution in [0.5, 0.6) is 6.01 Å². The van der Waals surface area contributed by atoms with Crippen molar-refractivity contribution in [2.45, 2.75) is 39.7 Å². The highest BCUT2D eigenvalue weighted by molar-refractivity contribution is 5.35. The first kappa shape index (κ1) is 15.4. The van der Waals surface area contributed by atoms with Crippen LogP contribution in [0.1, 0.15) is 33.6 Å². The second-order valence-corrected chi connectivity index (χ2v) is 4.09. The Morgan fingerprint density at radius 3 is 2.37 bits per heavy atom. The van der Waals surface area contributed by atoms with Crippen LogP contribution >= 0.6 is 0 Å². The molecule has 0 aromatic carbocycles. The minimum Gasteiger partial charge on any atom is -0.463 e. The third kappa shape index (κ3) is 5.69. The maximum atomic E-state index is 9.52. The summed E-state index contributed by atoms with van der Waals surface area (Å²) in [6.45, 7) is 7.58. The lowest BCUT2D eigenvalue weighted by atomic mass is 10.3. The van der Waals surface area contributed by atoms with E-state index in [1.54, 1.807) is 0 Å². The van der Waals surface area contributed by atoms with Gasteiger partial charge in [0.15, 0.2) is 0 Å². The summed E-state index contributed by atoms with van der Waals surface area (Å²) in [5.74, 6) is 0.877. The molecule has 0 fully saturated rings. The average molecular weight is 269 g/mol. The predicted octanol–water partition coefficient (Wildman–Crippen LogP) is 1.27. The van der Waals surface area contributed by atoms with Crippen molar-refractivity contribution in [2.24, 2.45) is 0 Å². The van der Waals surface area contributed by atoms with Gasteiger partial charge in [0.2, 0.25) is 11.9 Å². The molecule has 108 valence electrons. The molecule has 0 spiro atoms. The smallest absolute Gasteiger partial charge is 0.323 e. The van der Waals surface area contributed by atoms with Gasteiger partial charge >= 0.3 is 6.01 Å². The molecule has 1 rings (SSSR count). The van der Waals surface area contributed by atoms with E-state index in [1.807, 2.05) is 20.8 Å². The SMILES string of the molecule is CCCOc1nc(NCC)nc(NCC(O)CC)n1. The molecule has 0 saturated carbocycles. The topological polar surface area (TPSA) is 92.2 Å². The van der Waals surface area contributed by atoms with Gasteiger partial charge in [-0.2, -0.15) is 15.0 Å². The zero-order valence-electron chi connectivity index (χ0n) is 11.8. The molecule has 19 heavy (non-hydrogen) atoms. The zero-order chi connectivity index (χ0) is 14.1. The number of aromatic nitrogens is 3. The van der Waals surface area contributed by atoms with Crippen LogP contribution in [0.3, 0.4) is 0 Å². The Balaban J connectivity index is 2.73. The molecule has 1 heterocycles. The molecule has 0 saturated heterocycles. The van der Waals surface area contributed by atoms with Crippen LogP contribution in [0.15, 0.2) is 0 Å². The summed E-state index contributed by atoms with van der Waals surface area (Å²) in [6.07, 6.45) is 1.15. The van der Waals surface area contributed by atoms with Crippen LogP contribution in [0.25, 0.3) is 0 Å². The van der Waals surface area contributed by atoms with Gasteiger partial charge in [0.05, 0.1) is 12.7 Å². The number of nitrogens with zero attached hydrogens (tertiary/aromatic N) is 3. The van der Waals surface area contributed by atoms with Crippen molar-refractivity contribution in [2.75, 3.05) is 30.3 Å². The fraction of sp³-hybridized carbons (Fsp3) is 0.750. The molecule has 1 aromatic rings. The van der Waals surface area contributed by atoms with Gasteiger partial charge in [0.25, 0.3) is 0 Å². The summed E-state index contributed by atoms with van der Waals surface area (Å²) in [4.78, 5) is 12.5. The fourth-order valence-electron chi connectivity index (χ4n) is 1.28. The van der Waals surface area contributed by atoms with Crippen LogP contribution in [0, 0.1) is 0 Å². The predicted molar refractivity (Wildman–Crippen MR) is 74.6 cm³/mol. The molecule has 0 amide bonds. The molecule has 7 heteroatoms. The van der Waals surface area contributed by atoms with Crippen molar-refractivity contribution in [3.05, 3.63) is 0 Å². The van der Waals surface area contributed by atoms with Crippen molar-refractivity contribution in [1.82, 2.24) is 15.0 Å².